The topological polar surface area (TPSA) is 127 Å². The molecule has 3 N–H and O–H groups in total. The first-order valence-electron chi connectivity index (χ1n) is 5.50. The number of carbonyl (C=O) groups is 1. The molecule has 0 saturated carbocycles. The summed E-state index contributed by atoms with van der Waals surface area (Å²) in [6, 6.07) is 1.93. The van der Waals surface area contributed by atoms with E-state index in [0.29, 0.717) is 16.7 Å². The lowest BCUT2D eigenvalue weighted by Crippen LogP contribution is -2.08. The molecule has 9 heteroatoms. The summed E-state index contributed by atoms with van der Waals surface area (Å²) in [5, 5.41) is 16.1. The minimum absolute atomic E-state index is 0.108. The van der Waals surface area contributed by atoms with E-state index in [2.05, 4.69) is 20.2 Å². The normalized spacial score (nSPS) is 10.1. The third-order valence-electron chi connectivity index (χ3n) is 2.41. The molecule has 2 rings (SSSR count). The predicted octanol–water partition coefficient (Wildman–Crippen LogP) is 1.29. The Hall–Kier alpha value is -2.60. The summed E-state index contributed by atoms with van der Waals surface area (Å²) in [6.45, 7) is 1.92. The van der Waals surface area contributed by atoms with Crippen LogP contribution in [-0.2, 0) is 11.3 Å². The molecule has 0 bridgehead atoms. The fraction of sp³-hybridized carbons (Fsp3) is 0.273. The van der Waals surface area contributed by atoms with Gasteiger partial charge in [-0.3, -0.25) is 0 Å². The molecule has 0 aliphatic carbocycles. The van der Waals surface area contributed by atoms with E-state index < -0.39 is 5.97 Å². The largest absolute Gasteiger partial charge is 0.465 e. The van der Waals surface area contributed by atoms with E-state index in [1.807, 2.05) is 6.07 Å². The zero-order valence-electron chi connectivity index (χ0n) is 10.8. The number of ether oxygens (including phenoxy) is 1. The van der Waals surface area contributed by atoms with Crippen LogP contribution in [0.15, 0.2) is 4.52 Å². The first kappa shape index (κ1) is 13.8. The van der Waals surface area contributed by atoms with Crippen molar-refractivity contribution in [2.45, 2.75) is 13.5 Å². The summed E-state index contributed by atoms with van der Waals surface area (Å²) in [4.78, 5) is 16.0. The average Bonchev–Trinajstić information content (AvgIpc) is 2.99. The maximum atomic E-state index is 11.7. The molecule has 20 heavy (non-hydrogen) atoms. The molecule has 0 unspecified atom stereocenters. The Morgan fingerprint density at radius 1 is 1.65 bits per heavy atom. The molecule has 0 atom stereocenters. The highest BCUT2D eigenvalue weighted by Crippen LogP contribution is 2.35. The molecular formula is C11H11N5O3S. The van der Waals surface area contributed by atoms with Gasteiger partial charge in [-0.2, -0.15) is 10.2 Å². The van der Waals surface area contributed by atoms with Gasteiger partial charge in [0.25, 0.3) is 0 Å². The molecule has 0 aliphatic heterocycles. The van der Waals surface area contributed by atoms with Crippen LogP contribution in [0.2, 0.25) is 0 Å². The van der Waals surface area contributed by atoms with Gasteiger partial charge in [-0.25, -0.2) is 4.79 Å². The van der Waals surface area contributed by atoms with E-state index >= 15 is 0 Å². The number of aryl methyl sites for hydroxylation is 1. The Bertz CT molecular complexity index is 685. The number of hydrogen-bond donors (Lipinski definition) is 2. The van der Waals surface area contributed by atoms with Crippen LogP contribution < -0.4 is 11.1 Å². The van der Waals surface area contributed by atoms with Crippen molar-refractivity contribution in [1.29, 1.82) is 5.26 Å². The molecular weight excluding hydrogens is 282 g/mol. The van der Waals surface area contributed by atoms with Gasteiger partial charge in [0.2, 0.25) is 5.89 Å². The van der Waals surface area contributed by atoms with Crippen LogP contribution in [-0.4, -0.2) is 23.2 Å². The fourth-order valence-electron chi connectivity index (χ4n) is 1.53. The fourth-order valence-corrected chi connectivity index (χ4v) is 2.43. The van der Waals surface area contributed by atoms with Gasteiger partial charge >= 0.3 is 5.97 Å². The number of anilines is 2. The number of nitrogens with zero attached hydrogens (tertiary/aromatic N) is 3. The van der Waals surface area contributed by atoms with E-state index in [-0.39, 0.29) is 22.7 Å². The number of nitriles is 1. The second-order valence-electron chi connectivity index (χ2n) is 3.74. The lowest BCUT2D eigenvalue weighted by Gasteiger charge is -2.04. The Morgan fingerprint density at radius 2 is 2.40 bits per heavy atom. The number of methoxy groups -OCH3 is 1. The predicted molar refractivity (Wildman–Crippen MR) is 71.1 cm³/mol. The summed E-state index contributed by atoms with van der Waals surface area (Å²) in [7, 11) is 1.25. The van der Waals surface area contributed by atoms with Gasteiger partial charge in [0.15, 0.2) is 5.82 Å². The third kappa shape index (κ3) is 2.55. The summed E-state index contributed by atoms with van der Waals surface area (Å²) in [5.41, 5.74) is 6.02. The summed E-state index contributed by atoms with van der Waals surface area (Å²) < 4.78 is 9.50. The second kappa shape index (κ2) is 5.58. The number of esters is 1. The van der Waals surface area contributed by atoms with Crippen LogP contribution in [0.25, 0.3) is 0 Å². The Morgan fingerprint density at radius 3 is 2.95 bits per heavy atom. The Kier molecular flexibility index (Phi) is 3.86. The number of thiophene rings is 1. The molecule has 2 heterocycles. The second-order valence-corrected chi connectivity index (χ2v) is 4.76. The molecule has 0 radical (unpaired) electrons. The summed E-state index contributed by atoms with van der Waals surface area (Å²) in [5.74, 6) is 0.272. The van der Waals surface area contributed by atoms with Crippen molar-refractivity contribution >= 4 is 28.0 Å². The zero-order chi connectivity index (χ0) is 14.7. The van der Waals surface area contributed by atoms with Crippen molar-refractivity contribution in [1.82, 2.24) is 10.1 Å². The van der Waals surface area contributed by atoms with Crippen molar-refractivity contribution in [2.24, 2.45) is 0 Å². The van der Waals surface area contributed by atoms with E-state index in [1.54, 1.807) is 6.92 Å². The Balaban J connectivity index is 2.26. The van der Waals surface area contributed by atoms with Gasteiger partial charge < -0.3 is 20.3 Å². The molecule has 2 aromatic rings. The third-order valence-corrected chi connectivity index (χ3v) is 3.48. The SMILES string of the molecule is COC(=O)c1c(NCc2noc(C)n2)sc(C#N)c1N. The lowest BCUT2D eigenvalue weighted by atomic mass is 10.2. The summed E-state index contributed by atoms with van der Waals surface area (Å²) in [6.07, 6.45) is 0. The molecule has 0 saturated heterocycles. The molecule has 0 amide bonds. The molecule has 8 nitrogen and oxygen atoms in total. The standard InChI is InChI=1S/C11H11N5O3S/c1-5-15-7(16-19-5)4-14-10-8(11(17)18-2)9(13)6(3-12)20-10/h14H,4,13H2,1-2H3. The highest BCUT2D eigenvalue weighted by atomic mass is 32.1. The summed E-state index contributed by atoms with van der Waals surface area (Å²) >= 11 is 1.07. The maximum Gasteiger partial charge on any atom is 0.343 e. The smallest absolute Gasteiger partial charge is 0.343 e. The van der Waals surface area contributed by atoms with Gasteiger partial charge in [0, 0.05) is 6.92 Å². The maximum absolute atomic E-state index is 11.7. The van der Waals surface area contributed by atoms with E-state index in [0.717, 1.165) is 11.3 Å². The van der Waals surface area contributed by atoms with Crippen LogP contribution in [0, 0.1) is 18.3 Å². The van der Waals surface area contributed by atoms with Crippen LogP contribution in [0.1, 0.15) is 27.0 Å². The van der Waals surface area contributed by atoms with Crippen molar-refractivity contribution in [3.8, 4) is 6.07 Å². The molecule has 0 aliphatic rings. The van der Waals surface area contributed by atoms with Crippen molar-refractivity contribution in [3.05, 3.63) is 22.2 Å². The van der Waals surface area contributed by atoms with E-state index in [9.17, 15) is 4.79 Å². The monoisotopic (exact) mass is 293 g/mol. The van der Waals surface area contributed by atoms with E-state index in [4.69, 9.17) is 15.5 Å². The van der Waals surface area contributed by atoms with Gasteiger partial charge in [-0.05, 0) is 0 Å². The number of carbonyl (C=O) groups excluding carboxylic acids is 1. The number of aromatic nitrogens is 2. The number of nitrogen functional groups attached to an aromatic ring is 1. The first-order chi connectivity index (χ1) is 9.56. The first-order valence-corrected chi connectivity index (χ1v) is 6.32. The quantitative estimate of drug-likeness (QED) is 0.807. The van der Waals surface area contributed by atoms with Crippen molar-refractivity contribution < 1.29 is 14.1 Å². The number of nitrogens with two attached hydrogens (primary N) is 1. The van der Waals surface area contributed by atoms with Crippen LogP contribution >= 0.6 is 11.3 Å². The zero-order valence-corrected chi connectivity index (χ0v) is 11.6. The lowest BCUT2D eigenvalue weighted by molar-refractivity contribution is 0.0603. The number of hydrogen-bond acceptors (Lipinski definition) is 9. The minimum Gasteiger partial charge on any atom is -0.465 e. The Labute approximate surface area is 118 Å². The van der Waals surface area contributed by atoms with Crippen molar-refractivity contribution in [3.63, 3.8) is 0 Å². The molecule has 104 valence electrons. The van der Waals surface area contributed by atoms with E-state index in [1.165, 1.54) is 7.11 Å². The highest BCUT2D eigenvalue weighted by molar-refractivity contribution is 7.17. The van der Waals surface area contributed by atoms with Gasteiger partial charge in [-0.1, -0.05) is 5.16 Å². The molecule has 0 fully saturated rings. The average molecular weight is 293 g/mol. The van der Waals surface area contributed by atoms with Gasteiger partial charge in [-0.15, -0.1) is 11.3 Å². The highest BCUT2D eigenvalue weighted by Gasteiger charge is 2.23. The number of nitrogens with one attached hydrogen (secondary N) is 1. The van der Waals surface area contributed by atoms with Crippen LogP contribution in [0.5, 0.6) is 0 Å². The van der Waals surface area contributed by atoms with Crippen molar-refractivity contribution in [2.75, 3.05) is 18.2 Å². The van der Waals surface area contributed by atoms with Gasteiger partial charge in [0.05, 0.1) is 19.3 Å². The molecule has 2 aromatic heterocycles. The van der Waals surface area contributed by atoms with Crippen LogP contribution in [0.3, 0.4) is 0 Å². The van der Waals surface area contributed by atoms with Crippen LogP contribution in [0.4, 0.5) is 10.7 Å². The molecule has 0 spiro atoms. The molecule has 0 aromatic carbocycles. The van der Waals surface area contributed by atoms with Gasteiger partial charge in [0.1, 0.15) is 21.5 Å². The number of rotatable bonds is 4. The minimum atomic E-state index is -0.605.